The first kappa shape index (κ1) is 16.5. The van der Waals surface area contributed by atoms with E-state index in [4.69, 9.17) is 21.6 Å². The molecule has 6 heteroatoms. The van der Waals surface area contributed by atoms with Crippen molar-refractivity contribution in [3.8, 4) is 11.8 Å². The molecule has 2 aromatic rings. The van der Waals surface area contributed by atoms with Crippen LogP contribution in [-0.2, 0) is 4.79 Å². The number of halogens is 2. The zero-order valence-corrected chi connectivity index (χ0v) is 12.9. The van der Waals surface area contributed by atoms with Crippen molar-refractivity contribution in [2.75, 3.05) is 12.4 Å². The first-order valence-electron chi connectivity index (χ1n) is 6.56. The van der Waals surface area contributed by atoms with Crippen LogP contribution >= 0.6 is 11.6 Å². The Hall–Kier alpha value is -2.84. The Morgan fingerprint density at radius 3 is 2.57 bits per heavy atom. The van der Waals surface area contributed by atoms with Gasteiger partial charge < -0.3 is 10.1 Å². The Morgan fingerprint density at radius 2 is 2.00 bits per heavy atom. The van der Waals surface area contributed by atoms with Gasteiger partial charge >= 0.3 is 0 Å². The average Bonchev–Trinajstić information content (AvgIpc) is 2.55. The number of ether oxygens (including phenoxy) is 1. The molecule has 116 valence electrons. The van der Waals surface area contributed by atoms with Crippen LogP contribution in [-0.4, -0.2) is 13.0 Å². The van der Waals surface area contributed by atoms with E-state index < -0.39 is 11.7 Å². The third-order valence-corrected chi connectivity index (χ3v) is 3.33. The lowest BCUT2D eigenvalue weighted by Crippen LogP contribution is -2.13. The summed E-state index contributed by atoms with van der Waals surface area (Å²) in [4.78, 5) is 12.1. The van der Waals surface area contributed by atoms with E-state index in [0.29, 0.717) is 11.4 Å². The van der Waals surface area contributed by atoms with Gasteiger partial charge in [-0.15, -0.1) is 0 Å². The number of amides is 1. The quantitative estimate of drug-likeness (QED) is 0.680. The molecule has 0 saturated heterocycles. The van der Waals surface area contributed by atoms with Crippen LogP contribution in [0.2, 0.25) is 5.02 Å². The van der Waals surface area contributed by atoms with Gasteiger partial charge in [0.15, 0.2) is 0 Å². The first-order chi connectivity index (χ1) is 11.0. The summed E-state index contributed by atoms with van der Waals surface area (Å²) in [6.45, 7) is 0. The fourth-order valence-corrected chi connectivity index (χ4v) is 2.03. The highest BCUT2D eigenvalue weighted by molar-refractivity contribution is 6.32. The maximum atomic E-state index is 13.7. The predicted octanol–water partition coefficient (Wildman–Crippen LogP) is 4.03. The third kappa shape index (κ3) is 4.09. The molecule has 2 aromatic carbocycles. The molecule has 1 amide bonds. The first-order valence-corrected chi connectivity index (χ1v) is 6.94. The zero-order valence-electron chi connectivity index (χ0n) is 12.1. The van der Waals surface area contributed by atoms with Gasteiger partial charge in [-0.05, 0) is 42.5 Å². The number of carbonyl (C=O) groups excluding carboxylic acids is 1. The molecule has 0 spiro atoms. The smallest absolute Gasteiger partial charge is 0.266 e. The van der Waals surface area contributed by atoms with Crippen molar-refractivity contribution in [3.05, 3.63) is 64.4 Å². The molecule has 1 N–H and O–H groups in total. The van der Waals surface area contributed by atoms with Gasteiger partial charge in [-0.1, -0.05) is 17.7 Å². The summed E-state index contributed by atoms with van der Waals surface area (Å²) in [6, 6.07) is 12.5. The number of carbonyl (C=O) groups is 1. The van der Waals surface area contributed by atoms with Crippen molar-refractivity contribution < 1.29 is 13.9 Å². The van der Waals surface area contributed by atoms with Gasteiger partial charge in [0.2, 0.25) is 0 Å². The Kier molecular flexibility index (Phi) is 5.34. The predicted molar refractivity (Wildman–Crippen MR) is 86.6 cm³/mol. The molecule has 0 unspecified atom stereocenters. The van der Waals surface area contributed by atoms with Gasteiger partial charge in [0.25, 0.3) is 5.91 Å². The molecule has 0 aliphatic carbocycles. The highest BCUT2D eigenvalue weighted by Gasteiger charge is 2.12. The highest BCUT2D eigenvalue weighted by atomic mass is 35.5. The minimum Gasteiger partial charge on any atom is -0.497 e. The Morgan fingerprint density at radius 1 is 1.30 bits per heavy atom. The second kappa shape index (κ2) is 7.43. The van der Waals surface area contributed by atoms with E-state index in [1.807, 2.05) is 0 Å². The van der Waals surface area contributed by atoms with Crippen LogP contribution in [0.1, 0.15) is 5.56 Å². The zero-order chi connectivity index (χ0) is 16.8. The van der Waals surface area contributed by atoms with Crippen molar-refractivity contribution in [1.29, 1.82) is 5.26 Å². The van der Waals surface area contributed by atoms with E-state index in [9.17, 15) is 9.18 Å². The molecule has 23 heavy (non-hydrogen) atoms. The summed E-state index contributed by atoms with van der Waals surface area (Å²) in [5, 5.41) is 11.8. The lowest BCUT2D eigenvalue weighted by Gasteiger charge is -2.06. The number of nitrogens with zero attached hydrogens (tertiary/aromatic N) is 1. The maximum Gasteiger partial charge on any atom is 0.266 e. The van der Waals surface area contributed by atoms with Crippen molar-refractivity contribution >= 4 is 29.3 Å². The number of benzene rings is 2. The minimum atomic E-state index is -0.656. The number of rotatable bonds is 4. The number of anilines is 1. The SMILES string of the molecule is COc1ccc(NC(=O)/C(C#N)=C/c2c(F)cccc2Cl)cc1. The van der Waals surface area contributed by atoms with E-state index in [1.165, 1.54) is 25.3 Å². The molecular formula is C17H12ClFN2O2. The van der Waals surface area contributed by atoms with Gasteiger partial charge in [-0.3, -0.25) is 4.79 Å². The summed E-state index contributed by atoms with van der Waals surface area (Å²) >= 11 is 5.89. The van der Waals surface area contributed by atoms with Crippen LogP contribution in [0, 0.1) is 17.1 Å². The van der Waals surface area contributed by atoms with Crippen LogP contribution in [0.4, 0.5) is 10.1 Å². The normalized spacial score (nSPS) is 10.8. The third-order valence-electron chi connectivity index (χ3n) is 3.00. The van der Waals surface area contributed by atoms with Crippen molar-refractivity contribution in [2.45, 2.75) is 0 Å². The molecule has 4 nitrogen and oxygen atoms in total. The van der Waals surface area contributed by atoms with Gasteiger partial charge in [0.05, 0.1) is 12.1 Å². The number of hydrogen-bond donors (Lipinski definition) is 1. The summed E-state index contributed by atoms with van der Waals surface area (Å²) < 4.78 is 18.8. The van der Waals surface area contributed by atoms with Gasteiger partial charge in [0.1, 0.15) is 23.2 Å². The maximum absolute atomic E-state index is 13.7. The molecule has 0 aliphatic rings. The highest BCUT2D eigenvalue weighted by Crippen LogP contribution is 2.22. The monoisotopic (exact) mass is 330 g/mol. The fraction of sp³-hybridized carbons (Fsp3) is 0.0588. The fourth-order valence-electron chi connectivity index (χ4n) is 1.81. The van der Waals surface area contributed by atoms with Gasteiger partial charge in [-0.2, -0.15) is 5.26 Å². The van der Waals surface area contributed by atoms with Crippen LogP contribution < -0.4 is 10.1 Å². The molecule has 0 aromatic heterocycles. The van der Waals surface area contributed by atoms with Gasteiger partial charge in [0, 0.05) is 11.3 Å². The van der Waals surface area contributed by atoms with Crippen LogP contribution in [0.3, 0.4) is 0 Å². The summed E-state index contributed by atoms with van der Waals surface area (Å²) in [5.41, 5.74) is 0.222. The average molecular weight is 331 g/mol. The molecule has 0 radical (unpaired) electrons. The summed E-state index contributed by atoms with van der Waals surface area (Å²) in [6.07, 6.45) is 1.12. The second-order valence-corrected chi connectivity index (χ2v) is 4.89. The van der Waals surface area contributed by atoms with Crippen LogP contribution in [0.15, 0.2) is 48.0 Å². The lowest BCUT2D eigenvalue weighted by atomic mass is 10.1. The minimum absolute atomic E-state index is 0.00408. The number of nitrogens with one attached hydrogen (secondary N) is 1. The molecule has 2 rings (SSSR count). The molecule has 0 atom stereocenters. The largest absolute Gasteiger partial charge is 0.497 e. The molecule has 0 heterocycles. The van der Waals surface area contributed by atoms with E-state index in [-0.39, 0.29) is 16.2 Å². The molecule has 0 saturated carbocycles. The van der Waals surface area contributed by atoms with Gasteiger partial charge in [-0.25, -0.2) is 4.39 Å². The standard InChI is InChI=1S/C17H12ClFN2O2/c1-23-13-7-5-12(6-8-13)21-17(22)11(10-20)9-14-15(18)3-2-4-16(14)19/h2-9H,1H3,(H,21,22)/b11-9+. The van der Waals surface area contributed by atoms with Crippen molar-refractivity contribution in [1.82, 2.24) is 0 Å². The molecular weight excluding hydrogens is 319 g/mol. The van der Waals surface area contributed by atoms with E-state index in [2.05, 4.69) is 5.32 Å². The molecule has 0 aliphatic heterocycles. The molecule has 0 fully saturated rings. The summed E-state index contributed by atoms with van der Waals surface area (Å²) in [5.74, 6) is -0.628. The van der Waals surface area contributed by atoms with E-state index >= 15 is 0 Å². The topological polar surface area (TPSA) is 62.1 Å². The number of methoxy groups -OCH3 is 1. The number of nitriles is 1. The van der Waals surface area contributed by atoms with Crippen molar-refractivity contribution in [2.24, 2.45) is 0 Å². The Bertz CT molecular complexity index is 775. The van der Waals surface area contributed by atoms with Crippen LogP contribution in [0.25, 0.3) is 6.08 Å². The lowest BCUT2D eigenvalue weighted by molar-refractivity contribution is -0.112. The van der Waals surface area contributed by atoms with Crippen LogP contribution in [0.5, 0.6) is 5.75 Å². The number of hydrogen-bond acceptors (Lipinski definition) is 3. The Balaban J connectivity index is 2.24. The molecule has 0 bridgehead atoms. The second-order valence-electron chi connectivity index (χ2n) is 4.49. The van der Waals surface area contributed by atoms with E-state index in [1.54, 1.807) is 30.3 Å². The summed E-state index contributed by atoms with van der Waals surface area (Å²) in [7, 11) is 1.53. The van der Waals surface area contributed by atoms with E-state index in [0.717, 1.165) is 6.08 Å². The Labute approximate surface area is 137 Å². The van der Waals surface area contributed by atoms with Crippen molar-refractivity contribution in [3.63, 3.8) is 0 Å².